The van der Waals surface area contributed by atoms with Gasteiger partial charge in [0.05, 0.1) is 19.5 Å². The number of nitrogens with zero attached hydrogens (tertiary/aromatic N) is 2. The second kappa shape index (κ2) is 5.79. The van der Waals surface area contributed by atoms with Crippen LogP contribution in [-0.4, -0.2) is 23.0 Å². The summed E-state index contributed by atoms with van der Waals surface area (Å²) in [6.45, 7) is 1.99. The van der Waals surface area contributed by atoms with Crippen LogP contribution < -0.4 is 5.32 Å². The Balaban J connectivity index is 2.25. The molecule has 1 aromatic heterocycles. The normalized spacial score (nSPS) is 10.1. The molecule has 0 aliphatic carbocycles. The molecule has 0 atom stereocenters. The fraction of sp³-hybridized carbons (Fsp3) is 0.154. The Morgan fingerprint density at radius 1 is 1.32 bits per heavy atom. The summed E-state index contributed by atoms with van der Waals surface area (Å²) in [5.74, 6) is -0.0260. The summed E-state index contributed by atoms with van der Waals surface area (Å²) in [5, 5.41) is 3.09. The molecule has 0 unspecified atom stereocenters. The highest BCUT2D eigenvalue weighted by molar-refractivity contribution is 9.10. The van der Waals surface area contributed by atoms with Crippen LogP contribution in [-0.2, 0) is 4.74 Å². The lowest BCUT2D eigenvalue weighted by Gasteiger charge is -2.07. The highest BCUT2D eigenvalue weighted by Crippen LogP contribution is 2.21. The molecule has 6 heteroatoms. The number of benzene rings is 1. The van der Waals surface area contributed by atoms with E-state index in [0.29, 0.717) is 5.82 Å². The van der Waals surface area contributed by atoms with Gasteiger partial charge in [-0.3, -0.25) is 4.98 Å². The molecule has 2 aromatic rings. The molecule has 0 saturated heterocycles. The molecule has 2 rings (SSSR count). The highest BCUT2D eigenvalue weighted by atomic mass is 79.9. The SMILES string of the molecule is COC(=O)c1cncc(Nc2cc(C)cc(Br)c2)n1. The van der Waals surface area contributed by atoms with Gasteiger partial charge in [0.2, 0.25) is 0 Å². The number of aryl methyl sites for hydroxylation is 1. The zero-order valence-corrected chi connectivity index (χ0v) is 12.1. The number of halogens is 1. The minimum Gasteiger partial charge on any atom is -0.464 e. The molecule has 98 valence electrons. The third-order valence-electron chi connectivity index (χ3n) is 2.34. The Hall–Kier alpha value is -1.95. The Labute approximate surface area is 119 Å². The molecule has 0 saturated carbocycles. The molecule has 0 fully saturated rings. The molecule has 1 N–H and O–H groups in total. The fourth-order valence-electron chi connectivity index (χ4n) is 1.59. The van der Waals surface area contributed by atoms with Crippen LogP contribution in [0.2, 0.25) is 0 Å². The van der Waals surface area contributed by atoms with E-state index in [0.717, 1.165) is 15.7 Å². The van der Waals surface area contributed by atoms with Crippen molar-refractivity contribution in [1.29, 1.82) is 0 Å². The second-order valence-corrected chi connectivity index (χ2v) is 4.84. The Morgan fingerprint density at radius 2 is 2.11 bits per heavy atom. The minimum absolute atomic E-state index is 0.166. The maximum Gasteiger partial charge on any atom is 0.358 e. The Morgan fingerprint density at radius 3 is 2.79 bits per heavy atom. The topological polar surface area (TPSA) is 64.1 Å². The first-order chi connectivity index (χ1) is 9.08. The van der Waals surface area contributed by atoms with Crippen molar-refractivity contribution in [3.63, 3.8) is 0 Å². The predicted octanol–water partition coefficient (Wildman–Crippen LogP) is 3.08. The number of nitrogens with one attached hydrogen (secondary N) is 1. The lowest BCUT2D eigenvalue weighted by molar-refractivity contribution is 0.0593. The van der Waals surface area contributed by atoms with Crippen LogP contribution >= 0.6 is 15.9 Å². The number of aromatic nitrogens is 2. The van der Waals surface area contributed by atoms with Crippen LogP contribution in [0.1, 0.15) is 16.1 Å². The van der Waals surface area contributed by atoms with Gasteiger partial charge in [-0.05, 0) is 30.7 Å². The Bertz CT molecular complexity index is 596. The molecule has 0 aliphatic heterocycles. The molecule has 1 aromatic carbocycles. The van der Waals surface area contributed by atoms with E-state index in [1.807, 2.05) is 25.1 Å². The first-order valence-corrected chi connectivity index (χ1v) is 6.32. The van der Waals surface area contributed by atoms with Gasteiger partial charge in [-0.2, -0.15) is 0 Å². The molecule has 19 heavy (non-hydrogen) atoms. The second-order valence-electron chi connectivity index (χ2n) is 3.92. The maximum absolute atomic E-state index is 11.4. The smallest absolute Gasteiger partial charge is 0.358 e. The van der Waals surface area contributed by atoms with Crippen molar-refractivity contribution in [2.45, 2.75) is 6.92 Å². The first-order valence-electron chi connectivity index (χ1n) is 5.53. The molecule has 0 spiro atoms. The molecular weight excluding hydrogens is 310 g/mol. The van der Waals surface area contributed by atoms with Crippen LogP contribution in [0.4, 0.5) is 11.5 Å². The first kappa shape index (κ1) is 13.5. The number of hydrogen-bond acceptors (Lipinski definition) is 5. The van der Waals surface area contributed by atoms with Crippen molar-refractivity contribution in [3.8, 4) is 0 Å². The average molecular weight is 322 g/mol. The fourth-order valence-corrected chi connectivity index (χ4v) is 2.19. The predicted molar refractivity (Wildman–Crippen MR) is 75.5 cm³/mol. The van der Waals surface area contributed by atoms with Gasteiger partial charge in [-0.15, -0.1) is 0 Å². The summed E-state index contributed by atoms with van der Waals surface area (Å²) < 4.78 is 5.57. The zero-order valence-electron chi connectivity index (χ0n) is 10.5. The van der Waals surface area contributed by atoms with Crippen molar-refractivity contribution in [3.05, 3.63) is 46.3 Å². The van der Waals surface area contributed by atoms with Crippen molar-refractivity contribution >= 4 is 33.4 Å². The Kier molecular flexibility index (Phi) is 4.11. The molecule has 0 radical (unpaired) electrons. The van der Waals surface area contributed by atoms with E-state index in [2.05, 4.69) is 36.0 Å². The van der Waals surface area contributed by atoms with Gasteiger partial charge in [0, 0.05) is 10.2 Å². The number of hydrogen-bond donors (Lipinski definition) is 1. The lowest BCUT2D eigenvalue weighted by atomic mass is 10.2. The summed E-state index contributed by atoms with van der Waals surface area (Å²) in [6.07, 6.45) is 2.91. The van der Waals surface area contributed by atoms with Crippen molar-refractivity contribution in [1.82, 2.24) is 9.97 Å². The van der Waals surface area contributed by atoms with Crippen molar-refractivity contribution < 1.29 is 9.53 Å². The molecule has 5 nitrogen and oxygen atoms in total. The van der Waals surface area contributed by atoms with E-state index in [1.165, 1.54) is 13.3 Å². The number of methoxy groups -OCH3 is 1. The quantitative estimate of drug-likeness (QED) is 0.880. The van der Waals surface area contributed by atoms with E-state index >= 15 is 0 Å². The number of rotatable bonds is 3. The number of ether oxygens (including phenoxy) is 1. The lowest BCUT2D eigenvalue weighted by Crippen LogP contribution is -2.06. The number of carbonyl (C=O) groups is 1. The van der Waals surface area contributed by atoms with Crippen LogP contribution in [0.5, 0.6) is 0 Å². The van der Waals surface area contributed by atoms with Gasteiger partial charge in [0.1, 0.15) is 5.82 Å². The van der Waals surface area contributed by atoms with Gasteiger partial charge in [-0.25, -0.2) is 9.78 Å². The third-order valence-corrected chi connectivity index (χ3v) is 2.80. The van der Waals surface area contributed by atoms with E-state index in [9.17, 15) is 4.79 Å². The maximum atomic E-state index is 11.4. The van der Waals surface area contributed by atoms with Crippen molar-refractivity contribution in [2.75, 3.05) is 12.4 Å². The van der Waals surface area contributed by atoms with E-state index in [1.54, 1.807) is 6.20 Å². The molecule has 0 bridgehead atoms. The van der Waals surface area contributed by atoms with Gasteiger partial charge in [0.25, 0.3) is 0 Å². The number of carbonyl (C=O) groups excluding carboxylic acids is 1. The summed E-state index contributed by atoms with van der Waals surface area (Å²) in [5.41, 5.74) is 2.14. The molecular formula is C13H12BrN3O2. The van der Waals surface area contributed by atoms with Gasteiger partial charge in [-0.1, -0.05) is 15.9 Å². The third kappa shape index (κ3) is 3.51. The van der Waals surface area contributed by atoms with E-state index in [4.69, 9.17) is 0 Å². The van der Waals surface area contributed by atoms with E-state index in [-0.39, 0.29) is 5.69 Å². The molecule has 0 amide bonds. The summed E-state index contributed by atoms with van der Waals surface area (Å²) >= 11 is 3.43. The highest BCUT2D eigenvalue weighted by Gasteiger charge is 2.08. The van der Waals surface area contributed by atoms with Crippen LogP contribution in [0.15, 0.2) is 35.1 Å². The molecule has 1 heterocycles. The largest absolute Gasteiger partial charge is 0.464 e. The zero-order chi connectivity index (χ0) is 13.8. The summed E-state index contributed by atoms with van der Waals surface area (Å²) in [7, 11) is 1.31. The monoisotopic (exact) mass is 321 g/mol. The van der Waals surface area contributed by atoms with E-state index < -0.39 is 5.97 Å². The van der Waals surface area contributed by atoms with Crippen LogP contribution in [0.25, 0.3) is 0 Å². The van der Waals surface area contributed by atoms with Gasteiger partial charge >= 0.3 is 5.97 Å². The number of esters is 1. The van der Waals surface area contributed by atoms with Crippen LogP contribution in [0, 0.1) is 6.92 Å². The van der Waals surface area contributed by atoms with Crippen LogP contribution in [0.3, 0.4) is 0 Å². The minimum atomic E-state index is -0.512. The molecule has 0 aliphatic rings. The summed E-state index contributed by atoms with van der Waals surface area (Å²) in [6, 6.07) is 5.89. The number of anilines is 2. The van der Waals surface area contributed by atoms with Crippen molar-refractivity contribution in [2.24, 2.45) is 0 Å². The average Bonchev–Trinajstić information content (AvgIpc) is 2.37. The summed E-state index contributed by atoms with van der Waals surface area (Å²) in [4.78, 5) is 19.5. The van der Waals surface area contributed by atoms with Gasteiger partial charge < -0.3 is 10.1 Å². The standard InChI is InChI=1S/C13H12BrN3O2/c1-8-3-9(14)5-10(4-8)16-12-7-15-6-11(17-12)13(18)19-2/h3-7H,1-2H3,(H,16,17). The van der Waals surface area contributed by atoms with Gasteiger partial charge in [0.15, 0.2) is 5.69 Å².